The second kappa shape index (κ2) is 6.26. The molecular weight excluding hydrogens is 277 g/mol. The highest BCUT2D eigenvalue weighted by molar-refractivity contribution is 5.50. The third kappa shape index (κ3) is 4.13. The van der Waals surface area contributed by atoms with Crippen molar-refractivity contribution in [1.82, 2.24) is 4.90 Å². The van der Waals surface area contributed by atoms with Crippen molar-refractivity contribution >= 4 is 5.69 Å². The van der Waals surface area contributed by atoms with Gasteiger partial charge in [-0.25, -0.2) is 0 Å². The van der Waals surface area contributed by atoms with E-state index in [0.717, 1.165) is 25.9 Å². The van der Waals surface area contributed by atoms with Gasteiger partial charge in [-0.1, -0.05) is 6.07 Å². The molecule has 1 atom stereocenters. The van der Waals surface area contributed by atoms with Crippen molar-refractivity contribution in [3.63, 3.8) is 0 Å². The molecule has 2 rings (SSSR count). The summed E-state index contributed by atoms with van der Waals surface area (Å²) in [6.07, 6.45) is -2.12. The molecular formula is C16H23F3N2. The van der Waals surface area contributed by atoms with E-state index in [1.54, 1.807) is 6.07 Å². The third-order valence-electron chi connectivity index (χ3n) is 4.41. The number of rotatable bonds is 3. The highest BCUT2D eigenvalue weighted by Gasteiger charge is 2.32. The zero-order chi connectivity index (χ0) is 15.6. The van der Waals surface area contributed by atoms with Gasteiger partial charge in [0.05, 0.1) is 5.56 Å². The Kier molecular flexibility index (Phi) is 4.81. The van der Waals surface area contributed by atoms with Crippen LogP contribution in [0.2, 0.25) is 0 Å². The topological polar surface area (TPSA) is 15.3 Å². The molecule has 0 radical (unpaired) electrons. The van der Waals surface area contributed by atoms with Gasteiger partial charge in [-0.2, -0.15) is 13.2 Å². The molecule has 1 unspecified atom stereocenters. The molecule has 1 aromatic rings. The second-order valence-electron chi connectivity index (χ2n) is 6.10. The molecule has 5 heteroatoms. The molecule has 21 heavy (non-hydrogen) atoms. The van der Waals surface area contributed by atoms with Crippen LogP contribution in [-0.4, -0.2) is 31.1 Å². The summed E-state index contributed by atoms with van der Waals surface area (Å²) >= 11 is 0. The lowest BCUT2D eigenvalue weighted by Crippen LogP contribution is -2.37. The van der Waals surface area contributed by atoms with Crippen molar-refractivity contribution in [2.75, 3.05) is 25.5 Å². The zero-order valence-electron chi connectivity index (χ0n) is 12.8. The molecule has 1 aliphatic heterocycles. The van der Waals surface area contributed by atoms with Gasteiger partial charge in [-0.05, 0) is 70.4 Å². The van der Waals surface area contributed by atoms with E-state index in [1.807, 2.05) is 0 Å². The summed E-state index contributed by atoms with van der Waals surface area (Å²) in [5, 5.41) is 3.25. The number of benzene rings is 1. The number of piperidine rings is 1. The molecule has 2 nitrogen and oxygen atoms in total. The van der Waals surface area contributed by atoms with E-state index < -0.39 is 11.7 Å². The first-order valence-electron chi connectivity index (χ1n) is 7.40. The van der Waals surface area contributed by atoms with Gasteiger partial charge < -0.3 is 10.2 Å². The Balaban J connectivity index is 2.06. The van der Waals surface area contributed by atoms with Crippen LogP contribution in [0.4, 0.5) is 18.9 Å². The summed E-state index contributed by atoms with van der Waals surface area (Å²) < 4.78 is 38.8. The SMILES string of the molecule is Cc1ccc(NC(C)C2CCN(C)CC2)cc1C(F)(F)F. The van der Waals surface area contributed by atoms with Crippen molar-refractivity contribution in [3.05, 3.63) is 29.3 Å². The summed E-state index contributed by atoms with van der Waals surface area (Å²) in [6, 6.07) is 4.67. The van der Waals surface area contributed by atoms with Gasteiger partial charge in [0.1, 0.15) is 0 Å². The Morgan fingerprint density at radius 2 is 1.86 bits per heavy atom. The first kappa shape index (κ1) is 16.1. The first-order chi connectivity index (χ1) is 9.77. The molecule has 0 bridgehead atoms. The van der Waals surface area contributed by atoms with Gasteiger partial charge in [0.2, 0.25) is 0 Å². The lowest BCUT2D eigenvalue weighted by atomic mass is 9.90. The minimum Gasteiger partial charge on any atom is -0.382 e. The number of halogens is 3. The van der Waals surface area contributed by atoms with Crippen molar-refractivity contribution in [2.24, 2.45) is 5.92 Å². The fraction of sp³-hybridized carbons (Fsp3) is 0.625. The van der Waals surface area contributed by atoms with Crippen LogP contribution in [0.25, 0.3) is 0 Å². The van der Waals surface area contributed by atoms with Gasteiger partial charge in [0, 0.05) is 11.7 Å². The number of nitrogens with one attached hydrogen (secondary N) is 1. The molecule has 1 heterocycles. The fourth-order valence-corrected chi connectivity index (χ4v) is 2.93. The number of nitrogens with zero attached hydrogens (tertiary/aromatic N) is 1. The van der Waals surface area contributed by atoms with Crippen molar-refractivity contribution in [1.29, 1.82) is 0 Å². The summed E-state index contributed by atoms with van der Waals surface area (Å²) in [5.74, 6) is 0.511. The Morgan fingerprint density at radius 1 is 1.24 bits per heavy atom. The summed E-state index contributed by atoms with van der Waals surface area (Å²) in [6.45, 7) is 5.66. The van der Waals surface area contributed by atoms with Crippen LogP contribution in [0, 0.1) is 12.8 Å². The molecule has 0 spiro atoms. The molecule has 1 N–H and O–H groups in total. The third-order valence-corrected chi connectivity index (χ3v) is 4.41. The quantitative estimate of drug-likeness (QED) is 0.902. The largest absolute Gasteiger partial charge is 0.416 e. The van der Waals surface area contributed by atoms with Gasteiger partial charge in [-0.15, -0.1) is 0 Å². The number of hydrogen-bond acceptors (Lipinski definition) is 2. The Hall–Kier alpha value is -1.23. The monoisotopic (exact) mass is 300 g/mol. The molecule has 0 aromatic heterocycles. The average Bonchev–Trinajstić information content (AvgIpc) is 2.40. The minimum atomic E-state index is -4.29. The Labute approximate surface area is 124 Å². The summed E-state index contributed by atoms with van der Waals surface area (Å²) in [7, 11) is 2.10. The minimum absolute atomic E-state index is 0.183. The van der Waals surface area contributed by atoms with E-state index in [0.29, 0.717) is 11.6 Å². The van der Waals surface area contributed by atoms with E-state index in [-0.39, 0.29) is 11.6 Å². The number of likely N-dealkylation sites (tertiary alicyclic amines) is 1. The predicted molar refractivity (Wildman–Crippen MR) is 79.5 cm³/mol. The fourth-order valence-electron chi connectivity index (χ4n) is 2.93. The first-order valence-corrected chi connectivity index (χ1v) is 7.40. The van der Waals surface area contributed by atoms with Crippen LogP contribution in [-0.2, 0) is 6.18 Å². The Bertz CT molecular complexity index is 477. The second-order valence-corrected chi connectivity index (χ2v) is 6.10. The Morgan fingerprint density at radius 3 is 2.43 bits per heavy atom. The van der Waals surface area contributed by atoms with Crippen LogP contribution in [0.1, 0.15) is 30.9 Å². The zero-order valence-corrected chi connectivity index (χ0v) is 12.8. The van der Waals surface area contributed by atoms with Crippen LogP contribution in [0.5, 0.6) is 0 Å². The van der Waals surface area contributed by atoms with Gasteiger partial charge >= 0.3 is 6.18 Å². The molecule has 1 fully saturated rings. The average molecular weight is 300 g/mol. The highest BCUT2D eigenvalue weighted by Crippen LogP contribution is 2.34. The molecule has 0 amide bonds. The van der Waals surface area contributed by atoms with Crippen molar-refractivity contribution in [3.8, 4) is 0 Å². The number of hydrogen-bond donors (Lipinski definition) is 1. The molecule has 0 aliphatic carbocycles. The van der Waals surface area contributed by atoms with E-state index in [1.165, 1.54) is 19.1 Å². The smallest absolute Gasteiger partial charge is 0.382 e. The highest BCUT2D eigenvalue weighted by atomic mass is 19.4. The summed E-state index contributed by atoms with van der Waals surface area (Å²) in [5.41, 5.74) is 0.266. The van der Waals surface area contributed by atoms with Crippen LogP contribution < -0.4 is 5.32 Å². The van der Waals surface area contributed by atoms with Gasteiger partial charge in [-0.3, -0.25) is 0 Å². The van der Waals surface area contributed by atoms with E-state index in [4.69, 9.17) is 0 Å². The van der Waals surface area contributed by atoms with Crippen molar-refractivity contribution in [2.45, 2.75) is 38.9 Å². The lowest BCUT2D eigenvalue weighted by molar-refractivity contribution is -0.138. The van der Waals surface area contributed by atoms with Crippen LogP contribution >= 0.6 is 0 Å². The van der Waals surface area contributed by atoms with Gasteiger partial charge in [0.15, 0.2) is 0 Å². The van der Waals surface area contributed by atoms with Gasteiger partial charge in [0.25, 0.3) is 0 Å². The van der Waals surface area contributed by atoms with E-state index in [9.17, 15) is 13.2 Å². The standard InChI is InChI=1S/C16H23F3N2/c1-11-4-5-14(10-15(11)16(17,18)19)20-12(2)13-6-8-21(3)9-7-13/h4-5,10,12-13,20H,6-9H2,1-3H3. The van der Waals surface area contributed by atoms with Crippen LogP contribution in [0.15, 0.2) is 18.2 Å². The number of aryl methyl sites for hydroxylation is 1. The molecule has 1 aliphatic rings. The molecule has 118 valence electrons. The maximum atomic E-state index is 12.9. The lowest BCUT2D eigenvalue weighted by Gasteiger charge is -2.33. The normalized spacial score (nSPS) is 19.5. The maximum absolute atomic E-state index is 12.9. The number of alkyl halides is 3. The molecule has 1 saturated heterocycles. The van der Waals surface area contributed by atoms with E-state index in [2.05, 4.69) is 24.2 Å². The maximum Gasteiger partial charge on any atom is 0.416 e. The summed E-state index contributed by atoms with van der Waals surface area (Å²) in [4.78, 5) is 2.29. The predicted octanol–water partition coefficient (Wildman–Crippen LogP) is 4.16. The van der Waals surface area contributed by atoms with E-state index >= 15 is 0 Å². The molecule has 1 aromatic carbocycles. The number of anilines is 1. The van der Waals surface area contributed by atoms with Crippen molar-refractivity contribution < 1.29 is 13.2 Å². The van der Waals surface area contributed by atoms with Crippen LogP contribution in [0.3, 0.4) is 0 Å². The molecule has 0 saturated carbocycles.